The molecule has 1 N–H and O–H groups in total. The number of nitrogens with one attached hydrogen (secondary N) is 1. The van der Waals surface area contributed by atoms with Crippen LogP contribution in [0.2, 0.25) is 0 Å². The highest BCUT2D eigenvalue weighted by molar-refractivity contribution is 6.39. The second-order valence-electron chi connectivity index (χ2n) is 6.52. The van der Waals surface area contributed by atoms with Gasteiger partial charge in [-0.1, -0.05) is 0 Å². The van der Waals surface area contributed by atoms with Crippen LogP contribution in [0.3, 0.4) is 0 Å². The highest BCUT2D eigenvalue weighted by atomic mass is 16.2. The zero-order chi connectivity index (χ0) is 18.1. The molecule has 1 aromatic heterocycles. The average molecular weight is 345 g/mol. The minimum absolute atomic E-state index is 0.00979. The van der Waals surface area contributed by atoms with E-state index in [2.05, 4.69) is 10.5 Å². The summed E-state index contributed by atoms with van der Waals surface area (Å²) in [5, 5.41) is 3.85. The molecule has 1 saturated heterocycles. The first kappa shape index (κ1) is 17.2. The van der Waals surface area contributed by atoms with Gasteiger partial charge in [0.05, 0.1) is 5.56 Å². The molecule has 8 nitrogen and oxygen atoms in total. The summed E-state index contributed by atoms with van der Waals surface area (Å²) in [6.45, 7) is 5.86. The summed E-state index contributed by atoms with van der Waals surface area (Å²) in [6, 6.07) is 1.91. The molecule has 2 aliphatic rings. The number of carbonyl (C=O) groups is 3. The zero-order valence-electron chi connectivity index (χ0n) is 14.8. The molecule has 3 rings (SSSR count). The molecule has 0 unspecified atom stereocenters. The maximum Gasteiger partial charge on any atom is 0.270 e. The van der Waals surface area contributed by atoms with Gasteiger partial charge in [-0.3, -0.25) is 14.4 Å². The van der Waals surface area contributed by atoms with Crippen LogP contribution < -0.4 is 5.43 Å². The first-order valence-electron chi connectivity index (χ1n) is 8.45. The molecule has 3 amide bonds. The second kappa shape index (κ2) is 6.70. The standard InChI is InChI=1S/C17H23N5O3/c1-11-10-13(12(2)20(11)3)16(24)21-6-8-22(9-7-21)17(25)14-4-5-15(23)19-18-14/h10H,4-9H2,1-3H3,(H,19,23). The molecule has 3 heterocycles. The highest BCUT2D eigenvalue weighted by Gasteiger charge is 2.29. The van der Waals surface area contributed by atoms with Crippen LogP contribution >= 0.6 is 0 Å². The fraction of sp³-hybridized carbons (Fsp3) is 0.529. The maximum absolute atomic E-state index is 12.7. The fourth-order valence-corrected chi connectivity index (χ4v) is 3.17. The van der Waals surface area contributed by atoms with Crippen molar-refractivity contribution in [3.63, 3.8) is 0 Å². The third kappa shape index (κ3) is 3.29. The first-order valence-corrected chi connectivity index (χ1v) is 8.45. The minimum Gasteiger partial charge on any atom is -0.351 e. The van der Waals surface area contributed by atoms with Gasteiger partial charge in [0.2, 0.25) is 5.91 Å². The lowest BCUT2D eigenvalue weighted by atomic mass is 10.1. The lowest BCUT2D eigenvalue weighted by molar-refractivity contribution is -0.126. The van der Waals surface area contributed by atoms with Crippen LogP contribution in [-0.2, 0) is 16.6 Å². The molecule has 2 aliphatic heterocycles. The lowest BCUT2D eigenvalue weighted by Crippen LogP contribution is -2.52. The van der Waals surface area contributed by atoms with Gasteiger partial charge in [0.1, 0.15) is 5.71 Å². The van der Waals surface area contributed by atoms with E-state index >= 15 is 0 Å². The number of rotatable bonds is 2. The van der Waals surface area contributed by atoms with Gasteiger partial charge >= 0.3 is 0 Å². The number of amides is 3. The smallest absolute Gasteiger partial charge is 0.270 e. The molecule has 0 radical (unpaired) electrons. The molecule has 25 heavy (non-hydrogen) atoms. The Balaban J connectivity index is 1.62. The van der Waals surface area contributed by atoms with Gasteiger partial charge in [-0.2, -0.15) is 5.10 Å². The molecule has 0 atom stereocenters. The number of nitrogens with zero attached hydrogens (tertiary/aromatic N) is 4. The highest BCUT2D eigenvalue weighted by Crippen LogP contribution is 2.17. The third-order valence-corrected chi connectivity index (χ3v) is 5.01. The van der Waals surface area contributed by atoms with Gasteiger partial charge in [-0.25, -0.2) is 5.43 Å². The predicted octanol–water partition coefficient (Wildman–Crippen LogP) is 0.192. The van der Waals surface area contributed by atoms with Gasteiger partial charge in [-0.05, 0) is 19.9 Å². The third-order valence-electron chi connectivity index (χ3n) is 5.01. The van der Waals surface area contributed by atoms with Crippen LogP contribution in [0.15, 0.2) is 11.2 Å². The van der Waals surface area contributed by atoms with Crippen LogP contribution in [0, 0.1) is 13.8 Å². The van der Waals surface area contributed by atoms with E-state index in [4.69, 9.17) is 0 Å². The van der Waals surface area contributed by atoms with Crippen LogP contribution in [0.25, 0.3) is 0 Å². The Kier molecular flexibility index (Phi) is 4.61. The van der Waals surface area contributed by atoms with Gasteiger partial charge in [0, 0.05) is 57.5 Å². The Morgan fingerprint density at radius 1 is 1.04 bits per heavy atom. The Labute approximate surface area is 146 Å². The first-order chi connectivity index (χ1) is 11.9. The Bertz CT molecular complexity index is 757. The predicted molar refractivity (Wildman–Crippen MR) is 92.2 cm³/mol. The Morgan fingerprint density at radius 3 is 2.12 bits per heavy atom. The van der Waals surface area contributed by atoms with Crippen molar-refractivity contribution in [2.75, 3.05) is 26.2 Å². The average Bonchev–Trinajstić information content (AvgIpc) is 2.89. The van der Waals surface area contributed by atoms with E-state index in [-0.39, 0.29) is 24.1 Å². The molecular weight excluding hydrogens is 322 g/mol. The molecule has 8 heteroatoms. The largest absolute Gasteiger partial charge is 0.351 e. The Morgan fingerprint density at radius 2 is 1.64 bits per heavy atom. The van der Waals surface area contributed by atoms with Crippen molar-refractivity contribution >= 4 is 23.4 Å². The van der Waals surface area contributed by atoms with Crippen molar-refractivity contribution in [2.24, 2.45) is 12.1 Å². The molecule has 0 aliphatic carbocycles. The van der Waals surface area contributed by atoms with E-state index < -0.39 is 0 Å². The summed E-state index contributed by atoms with van der Waals surface area (Å²) < 4.78 is 2.00. The van der Waals surface area contributed by atoms with Crippen LogP contribution in [0.1, 0.15) is 34.6 Å². The van der Waals surface area contributed by atoms with E-state index in [0.29, 0.717) is 38.3 Å². The maximum atomic E-state index is 12.7. The number of hydrogen-bond donors (Lipinski definition) is 1. The number of piperazine rings is 1. The van der Waals surface area contributed by atoms with Crippen molar-refractivity contribution in [2.45, 2.75) is 26.7 Å². The van der Waals surface area contributed by atoms with Crippen molar-refractivity contribution in [1.82, 2.24) is 19.8 Å². The molecule has 134 valence electrons. The van der Waals surface area contributed by atoms with Crippen molar-refractivity contribution in [1.29, 1.82) is 0 Å². The van der Waals surface area contributed by atoms with Crippen molar-refractivity contribution in [3.8, 4) is 0 Å². The Hall–Kier alpha value is -2.64. The molecule has 0 bridgehead atoms. The molecule has 1 fully saturated rings. The van der Waals surface area contributed by atoms with Crippen molar-refractivity contribution < 1.29 is 14.4 Å². The van der Waals surface area contributed by atoms with Crippen LogP contribution in [0.5, 0.6) is 0 Å². The van der Waals surface area contributed by atoms with Gasteiger partial charge < -0.3 is 14.4 Å². The number of aryl methyl sites for hydroxylation is 1. The van der Waals surface area contributed by atoms with E-state index in [0.717, 1.165) is 17.0 Å². The monoisotopic (exact) mass is 345 g/mol. The molecule has 0 saturated carbocycles. The van der Waals surface area contributed by atoms with Crippen molar-refractivity contribution in [3.05, 3.63) is 23.0 Å². The van der Waals surface area contributed by atoms with E-state index in [1.807, 2.05) is 31.5 Å². The quantitative estimate of drug-likeness (QED) is 0.830. The minimum atomic E-state index is -0.166. The molecular formula is C17H23N5O3. The van der Waals surface area contributed by atoms with E-state index in [1.165, 1.54) is 0 Å². The summed E-state index contributed by atoms with van der Waals surface area (Å²) in [5.41, 5.74) is 5.45. The van der Waals surface area contributed by atoms with Gasteiger partial charge in [0.25, 0.3) is 11.8 Å². The SMILES string of the molecule is Cc1cc(C(=O)N2CCN(C(=O)C3=NNC(=O)CC3)CC2)c(C)n1C. The van der Waals surface area contributed by atoms with E-state index in [9.17, 15) is 14.4 Å². The summed E-state index contributed by atoms with van der Waals surface area (Å²) in [7, 11) is 1.95. The van der Waals surface area contributed by atoms with Gasteiger partial charge in [-0.15, -0.1) is 0 Å². The number of aromatic nitrogens is 1. The summed E-state index contributed by atoms with van der Waals surface area (Å²) in [6.07, 6.45) is 0.655. The van der Waals surface area contributed by atoms with Crippen LogP contribution in [0.4, 0.5) is 0 Å². The molecule has 0 aromatic carbocycles. The fourth-order valence-electron chi connectivity index (χ4n) is 3.17. The topological polar surface area (TPSA) is 87.0 Å². The second-order valence-corrected chi connectivity index (χ2v) is 6.52. The number of hydrogen-bond acceptors (Lipinski definition) is 4. The summed E-state index contributed by atoms with van der Waals surface area (Å²) in [5.74, 6) is -0.310. The summed E-state index contributed by atoms with van der Waals surface area (Å²) in [4.78, 5) is 39.8. The van der Waals surface area contributed by atoms with E-state index in [1.54, 1.807) is 9.80 Å². The number of carbonyl (C=O) groups excluding carboxylic acids is 3. The summed E-state index contributed by atoms with van der Waals surface area (Å²) >= 11 is 0. The normalized spacial score (nSPS) is 18.0. The van der Waals surface area contributed by atoms with Gasteiger partial charge in [0.15, 0.2) is 0 Å². The number of hydrazone groups is 1. The van der Waals surface area contributed by atoms with Crippen LogP contribution in [-0.4, -0.2) is 64.0 Å². The molecule has 1 aromatic rings. The molecule has 0 spiro atoms. The zero-order valence-corrected chi connectivity index (χ0v) is 14.8. The lowest BCUT2D eigenvalue weighted by Gasteiger charge is -2.35.